The molecule has 0 aliphatic carbocycles. The van der Waals surface area contributed by atoms with E-state index in [-0.39, 0.29) is 49.3 Å². The summed E-state index contributed by atoms with van der Waals surface area (Å²) < 4.78 is 19.3. The van der Waals surface area contributed by atoms with E-state index in [9.17, 15) is 18.8 Å². The van der Waals surface area contributed by atoms with Gasteiger partial charge >= 0.3 is 6.03 Å². The van der Waals surface area contributed by atoms with Crippen LogP contribution in [0.1, 0.15) is 11.1 Å². The Kier molecular flexibility index (Phi) is 7.33. The van der Waals surface area contributed by atoms with Gasteiger partial charge in [0.1, 0.15) is 23.7 Å². The molecule has 0 bridgehead atoms. The molecule has 0 radical (unpaired) electrons. The molecule has 4 amide bonds. The molecule has 6 nitrogen and oxygen atoms in total. The van der Waals surface area contributed by atoms with E-state index >= 15 is 0 Å². The largest absolute Gasteiger partial charge is 0.487 e. The Morgan fingerprint density at radius 2 is 1.69 bits per heavy atom. The maximum absolute atomic E-state index is 13.5. The second kappa shape index (κ2) is 10.3. The van der Waals surface area contributed by atoms with E-state index in [1.807, 2.05) is 0 Å². The summed E-state index contributed by atoms with van der Waals surface area (Å²) in [5.41, 5.74) is 0.440. The molecule has 0 unspecified atom stereocenters. The number of imide groups is 2. The van der Waals surface area contributed by atoms with Crippen molar-refractivity contribution in [1.29, 1.82) is 0 Å². The lowest BCUT2D eigenvalue weighted by Crippen LogP contribution is -2.54. The van der Waals surface area contributed by atoms with Gasteiger partial charge in [0, 0.05) is 10.6 Å². The molecule has 0 saturated carbocycles. The molecule has 1 saturated heterocycles. The zero-order chi connectivity index (χ0) is 25.3. The minimum atomic E-state index is -0.956. The number of nitrogens with zero attached hydrogens (tertiary/aromatic N) is 1. The zero-order valence-corrected chi connectivity index (χ0v) is 20.5. The number of barbiturate groups is 1. The minimum absolute atomic E-state index is 0.0523. The summed E-state index contributed by atoms with van der Waals surface area (Å²) in [7, 11) is 0. The summed E-state index contributed by atoms with van der Waals surface area (Å²) in [4.78, 5) is 39.0. The van der Waals surface area contributed by atoms with Crippen LogP contribution in [0.3, 0.4) is 0 Å². The molecule has 1 fully saturated rings. The van der Waals surface area contributed by atoms with Crippen LogP contribution in [0.5, 0.6) is 5.75 Å². The number of hydrogen-bond donors (Lipinski definition) is 1. The van der Waals surface area contributed by atoms with Gasteiger partial charge in [0.05, 0.1) is 20.8 Å². The van der Waals surface area contributed by atoms with Crippen molar-refractivity contribution in [1.82, 2.24) is 5.32 Å². The van der Waals surface area contributed by atoms with E-state index in [0.29, 0.717) is 5.56 Å². The second-order valence-corrected chi connectivity index (χ2v) is 8.94. The molecule has 1 N–H and O–H groups in total. The van der Waals surface area contributed by atoms with Gasteiger partial charge in [-0.05, 0) is 54.1 Å². The SMILES string of the molecule is O=C1NC(=O)N(c2ccc(Cl)c(Cl)c2)C(=O)/C1=C/c1cc(Cl)cc(Cl)c1OCc1cccc(F)c1. The molecule has 3 aromatic rings. The quantitative estimate of drug-likeness (QED) is 0.282. The molecule has 1 heterocycles. The third-order valence-corrected chi connectivity index (χ3v) is 6.11. The van der Waals surface area contributed by atoms with Gasteiger partial charge in [0.25, 0.3) is 11.8 Å². The fraction of sp³-hybridized carbons (Fsp3) is 0.0417. The fourth-order valence-corrected chi connectivity index (χ4v) is 4.15. The smallest absolute Gasteiger partial charge is 0.335 e. The number of hydrogen-bond acceptors (Lipinski definition) is 4. The van der Waals surface area contributed by atoms with Gasteiger partial charge in [-0.15, -0.1) is 0 Å². The highest BCUT2D eigenvalue weighted by atomic mass is 35.5. The number of halogens is 5. The third kappa shape index (κ3) is 5.44. The molecule has 0 atom stereocenters. The van der Waals surface area contributed by atoms with Crippen LogP contribution in [0.2, 0.25) is 20.1 Å². The first-order valence-electron chi connectivity index (χ1n) is 9.87. The molecule has 11 heteroatoms. The summed E-state index contributed by atoms with van der Waals surface area (Å²) in [5, 5.41) is 2.75. The van der Waals surface area contributed by atoms with Crippen molar-refractivity contribution in [2.45, 2.75) is 6.61 Å². The van der Waals surface area contributed by atoms with Crippen LogP contribution >= 0.6 is 46.4 Å². The van der Waals surface area contributed by atoms with Crippen molar-refractivity contribution < 1.29 is 23.5 Å². The number of ether oxygens (including phenoxy) is 1. The lowest BCUT2D eigenvalue weighted by atomic mass is 10.1. The Bertz CT molecular complexity index is 1410. The average molecular weight is 554 g/mol. The van der Waals surface area contributed by atoms with Crippen LogP contribution in [0, 0.1) is 5.82 Å². The van der Waals surface area contributed by atoms with Crippen molar-refractivity contribution in [3.8, 4) is 5.75 Å². The van der Waals surface area contributed by atoms with Crippen LogP contribution in [0.4, 0.5) is 14.9 Å². The zero-order valence-electron chi connectivity index (χ0n) is 17.5. The molecule has 1 aliphatic heterocycles. The standard InChI is InChI=1S/C24H13Cl4FN2O4/c25-14-7-13(21(20(28)9-14)35-11-12-2-1-3-15(29)6-12)8-17-22(32)30-24(34)31(23(17)33)16-4-5-18(26)19(27)10-16/h1-10H,11H2,(H,30,32,34)/b17-8+. The van der Waals surface area contributed by atoms with Gasteiger partial charge in [-0.3, -0.25) is 14.9 Å². The number of nitrogens with one attached hydrogen (secondary N) is 1. The van der Waals surface area contributed by atoms with Gasteiger partial charge in [0.2, 0.25) is 0 Å². The van der Waals surface area contributed by atoms with Crippen molar-refractivity contribution in [2.24, 2.45) is 0 Å². The molecule has 0 spiro atoms. The van der Waals surface area contributed by atoms with E-state index in [1.165, 1.54) is 54.6 Å². The van der Waals surface area contributed by atoms with Crippen LogP contribution in [-0.2, 0) is 16.2 Å². The first kappa shape index (κ1) is 25.0. The first-order chi connectivity index (χ1) is 16.6. The molecule has 0 aromatic heterocycles. The monoisotopic (exact) mass is 552 g/mol. The highest BCUT2D eigenvalue weighted by Crippen LogP contribution is 2.36. The summed E-state index contributed by atoms with van der Waals surface area (Å²) in [6.45, 7) is -0.0523. The van der Waals surface area contributed by atoms with Crippen molar-refractivity contribution in [3.05, 3.63) is 97.2 Å². The molecule has 4 rings (SSSR count). The topological polar surface area (TPSA) is 75.7 Å². The van der Waals surface area contributed by atoms with Crippen LogP contribution < -0.4 is 15.0 Å². The van der Waals surface area contributed by atoms with Gasteiger partial charge in [-0.25, -0.2) is 14.1 Å². The van der Waals surface area contributed by atoms with Gasteiger partial charge < -0.3 is 4.74 Å². The Hall–Kier alpha value is -3.10. The van der Waals surface area contributed by atoms with Crippen LogP contribution in [0.25, 0.3) is 6.08 Å². The lowest BCUT2D eigenvalue weighted by Gasteiger charge is -2.26. The summed E-state index contributed by atoms with van der Waals surface area (Å²) in [5.74, 6) is -2.17. The van der Waals surface area contributed by atoms with Crippen LogP contribution in [-0.4, -0.2) is 17.8 Å². The number of carbonyl (C=O) groups is 3. The second-order valence-electron chi connectivity index (χ2n) is 7.28. The highest BCUT2D eigenvalue weighted by molar-refractivity contribution is 6.43. The molecule has 178 valence electrons. The summed E-state index contributed by atoms with van der Waals surface area (Å²) >= 11 is 24.4. The highest BCUT2D eigenvalue weighted by Gasteiger charge is 2.37. The first-order valence-corrected chi connectivity index (χ1v) is 11.4. The van der Waals surface area contributed by atoms with E-state index in [2.05, 4.69) is 5.32 Å². The minimum Gasteiger partial charge on any atom is -0.487 e. The Morgan fingerprint density at radius 3 is 2.40 bits per heavy atom. The maximum Gasteiger partial charge on any atom is 0.335 e. The Morgan fingerprint density at radius 1 is 0.914 bits per heavy atom. The predicted molar refractivity (Wildman–Crippen MR) is 133 cm³/mol. The molecular weight excluding hydrogens is 541 g/mol. The normalized spacial score (nSPS) is 14.9. The van der Waals surface area contributed by atoms with E-state index in [0.717, 1.165) is 4.90 Å². The van der Waals surface area contributed by atoms with E-state index in [1.54, 1.807) is 6.07 Å². The Labute approximate surface area is 218 Å². The molecule has 1 aliphatic rings. The molecule has 35 heavy (non-hydrogen) atoms. The molecule has 3 aromatic carbocycles. The van der Waals surface area contributed by atoms with Crippen molar-refractivity contribution in [2.75, 3.05) is 4.90 Å². The number of rotatable bonds is 5. The average Bonchev–Trinajstić information content (AvgIpc) is 2.78. The van der Waals surface area contributed by atoms with Crippen molar-refractivity contribution >= 4 is 76.0 Å². The van der Waals surface area contributed by atoms with Crippen molar-refractivity contribution in [3.63, 3.8) is 0 Å². The summed E-state index contributed by atoms with van der Waals surface area (Å²) in [6, 6.07) is 11.8. The number of benzene rings is 3. The maximum atomic E-state index is 13.5. The molecular formula is C24H13Cl4FN2O4. The van der Waals surface area contributed by atoms with E-state index in [4.69, 9.17) is 51.1 Å². The summed E-state index contributed by atoms with van der Waals surface area (Å²) in [6.07, 6.45) is 1.20. The van der Waals surface area contributed by atoms with Gasteiger partial charge in [-0.2, -0.15) is 0 Å². The third-order valence-electron chi connectivity index (χ3n) is 4.87. The predicted octanol–water partition coefficient (Wildman–Crippen LogP) is 6.68. The Balaban J connectivity index is 1.72. The van der Waals surface area contributed by atoms with Gasteiger partial charge in [0.15, 0.2) is 0 Å². The number of urea groups is 1. The van der Waals surface area contributed by atoms with Crippen LogP contribution in [0.15, 0.2) is 60.2 Å². The fourth-order valence-electron chi connectivity index (χ4n) is 3.29. The van der Waals surface area contributed by atoms with E-state index < -0.39 is 23.7 Å². The van der Waals surface area contributed by atoms with Gasteiger partial charge in [-0.1, -0.05) is 58.5 Å². The number of anilines is 1. The lowest BCUT2D eigenvalue weighted by molar-refractivity contribution is -0.122. The number of carbonyl (C=O) groups excluding carboxylic acids is 3. The number of amides is 4.